The molecule has 0 radical (unpaired) electrons. The molecular weight excluding hydrogens is 508 g/mol. The maximum Gasteiger partial charge on any atom is 0.471 e. The Morgan fingerprint density at radius 3 is 2.31 bits per heavy atom. The molecule has 4 aromatic heterocycles. The number of carboxylic acid groups (broad SMARTS) is 1. The van der Waals surface area contributed by atoms with Crippen molar-refractivity contribution in [2.45, 2.75) is 18.9 Å². The first-order valence-electron chi connectivity index (χ1n) is 9.15. The third-order valence-electron chi connectivity index (χ3n) is 4.28. The summed E-state index contributed by atoms with van der Waals surface area (Å²) >= 11 is 0.919. The lowest BCUT2D eigenvalue weighted by Gasteiger charge is -2.22. The van der Waals surface area contributed by atoms with Gasteiger partial charge in [-0.1, -0.05) is 5.16 Å². The molecule has 0 spiro atoms. The number of carboxylic acids is 1. The van der Waals surface area contributed by atoms with Gasteiger partial charge in [-0.2, -0.15) is 41.5 Å². The number of nitrogens with zero attached hydrogens (tertiary/aromatic N) is 7. The number of aromatic carboxylic acids is 1. The fraction of sp³-hybridized carbons (Fsp3) is 0.167. The zero-order valence-electron chi connectivity index (χ0n) is 16.7. The first-order chi connectivity index (χ1) is 16.4. The van der Waals surface area contributed by atoms with Crippen molar-refractivity contribution >= 4 is 28.9 Å². The number of carbonyl (C=O) groups is 1. The molecule has 0 aliphatic rings. The van der Waals surface area contributed by atoms with Crippen molar-refractivity contribution in [1.29, 1.82) is 0 Å². The molecule has 10 nitrogen and oxygen atoms in total. The predicted molar refractivity (Wildman–Crippen MR) is 104 cm³/mol. The Kier molecular flexibility index (Phi) is 6.10. The van der Waals surface area contributed by atoms with Gasteiger partial charge in [-0.05, 0) is 24.3 Å². The molecule has 0 saturated heterocycles. The number of anilines is 2. The lowest BCUT2D eigenvalue weighted by molar-refractivity contribution is -0.159. The molecule has 0 aliphatic carbocycles. The summed E-state index contributed by atoms with van der Waals surface area (Å²) in [4.78, 5) is 16.3. The van der Waals surface area contributed by atoms with E-state index in [-0.39, 0.29) is 34.4 Å². The Balaban J connectivity index is 1.71. The van der Waals surface area contributed by atoms with Gasteiger partial charge in [0.25, 0.3) is 0 Å². The molecule has 0 fully saturated rings. The van der Waals surface area contributed by atoms with Gasteiger partial charge in [0.1, 0.15) is 0 Å². The quantitative estimate of drug-likeness (QED) is 0.366. The summed E-state index contributed by atoms with van der Waals surface area (Å²) in [5, 5.41) is 26.9. The molecule has 0 unspecified atom stereocenters. The summed E-state index contributed by atoms with van der Waals surface area (Å²) in [7, 11) is 0. The number of halogens is 6. The second-order valence-corrected chi connectivity index (χ2v) is 7.85. The standard InChI is InChI=1S/C18H9F6N7O3S/c19-17(20,21)9-4-13(29-26-6-9)31(12-3-8(15(32)33)5-25-28-12)7-10-1-2-11(35-10)14-27-16(34-30-14)18(22,23)24/h1-6H,7H2,(H,32,33). The van der Waals surface area contributed by atoms with Crippen LogP contribution in [0.1, 0.15) is 26.7 Å². The lowest BCUT2D eigenvalue weighted by Crippen LogP contribution is -2.21. The Labute approximate surface area is 193 Å². The van der Waals surface area contributed by atoms with Crippen LogP contribution in [-0.2, 0) is 18.9 Å². The minimum atomic E-state index is -4.84. The van der Waals surface area contributed by atoms with E-state index in [4.69, 9.17) is 0 Å². The molecule has 4 heterocycles. The number of hydrogen-bond donors (Lipinski definition) is 1. The highest BCUT2D eigenvalue weighted by molar-refractivity contribution is 7.15. The van der Waals surface area contributed by atoms with E-state index in [9.17, 15) is 36.2 Å². The van der Waals surface area contributed by atoms with Crippen LogP contribution in [0.4, 0.5) is 38.0 Å². The van der Waals surface area contributed by atoms with Crippen molar-refractivity contribution in [2.75, 3.05) is 4.90 Å². The van der Waals surface area contributed by atoms with Crippen LogP contribution in [0.3, 0.4) is 0 Å². The smallest absolute Gasteiger partial charge is 0.471 e. The van der Waals surface area contributed by atoms with Crippen LogP contribution < -0.4 is 4.90 Å². The first kappa shape index (κ1) is 24.0. The van der Waals surface area contributed by atoms with E-state index in [1.54, 1.807) is 0 Å². The van der Waals surface area contributed by atoms with Crippen molar-refractivity contribution in [1.82, 2.24) is 30.5 Å². The van der Waals surface area contributed by atoms with E-state index in [1.807, 2.05) is 0 Å². The average molecular weight is 517 g/mol. The normalized spacial score (nSPS) is 12.1. The van der Waals surface area contributed by atoms with Crippen molar-refractivity contribution in [3.8, 4) is 10.7 Å². The molecule has 0 amide bonds. The van der Waals surface area contributed by atoms with Gasteiger partial charge in [-0.25, -0.2) is 4.79 Å². The summed E-state index contributed by atoms with van der Waals surface area (Å²) in [5.41, 5.74) is -1.41. The zero-order valence-corrected chi connectivity index (χ0v) is 17.6. The van der Waals surface area contributed by atoms with Gasteiger partial charge in [0.2, 0.25) is 5.82 Å². The third-order valence-corrected chi connectivity index (χ3v) is 5.34. The predicted octanol–water partition coefficient (Wildman–Crippen LogP) is 4.45. The highest BCUT2D eigenvalue weighted by atomic mass is 32.1. The summed E-state index contributed by atoms with van der Waals surface area (Å²) in [6.07, 6.45) is -8.12. The molecular formula is C18H9F6N7O3S. The molecule has 0 aromatic carbocycles. The number of alkyl halides is 6. The Morgan fingerprint density at radius 2 is 1.69 bits per heavy atom. The van der Waals surface area contributed by atoms with Crippen molar-refractivity contribution in [3.63, 3.8) is 0 Å². The summed E-state index contributed by atoms with van der Waals surface area (Å²) < 4.78 is 82.0. The fourth-order valence-corrected chi connectivity index (χ4v) is 3.63. The van der Waals surface area contributed by atoms with E-state index < -0.39 is 29.8 Å². The van der Waals surface area contributed by atoms with Gasteiger partial charge in [-0.15, -0.1) is 21.5 Å². The number of hydrogen-bond acceptors (Lipinski definition) is 10. The van der Waals surface area contributed by atoms with Gasteiger partial charge in [-0.3, -0.25) is 0 Å². The summed E-state index contributed by atoms with van der Waals surface area (Å²) in [5.74, 6) is -3.72. The van der Waals surface area contributed by atoms with Crippen LogP contribution in [0.25, 0.3) is 10.7 Å². The second-order valence-electron chi connectivity index (χ2n) is 6.68. The van der Waals surface area contributed by atoms with Crippen molar-refractivity contribution in [2.24, 2.45) is 0 Å². The molecule has 17 heteroatoms. The topological polar surface area (TPSA) is 131 Å². The third kappa shape index (κ3) is 5.34. The molecule has 4 rings (SSSR count). The molecule has 0 atom stereocenters. The summed E-state index contributed by atoms with van der Waals surface area (Å²) in [6.45, 7) is -0.220. The zero-order chi connectivity index (χ0) is 25.4. The van der Waals surface area contributed by atoms with Crippen LogP contribution in [0, 0.1) is 0 Å². The van der Waals surface area contributed by atoms with Gasteiger partial charge in [0.05, 0.1) is 34.9 Å². The lowest BCUT2D eigenvalue weighted by atomic mass is 10.2. The van der Waals surface area contributed by atoms with Gasteiger partial charge >= 0.3 is 24.2 Å². The van der Waals surface area contributed by atoms with Crippen LogP contribution in [-0.4, -0.2) is 41.6 Å². The highest BCUT2D eigenvalue weighted by Gasteiger charge is 2.38. The van der Waals surface area contributed by atoms with Gasteiger partial charge in [0, 0.05) is 4.88 Å². The van der Waals surface area contributed by atoms with Gasteiger partial charge < -0.3 is 14.5 Å². The van der Waals surface area contributed by atoms with Crippen LogP contribution in [0.15, 0.2) is 41.2 Å². The molecule has 4 aromatic rings. The SMILES string of the molecule is O=C(O)c1cnnc(N(Cc2ccc(-c3noc(C(F)(F)F)n3)s2)c2cc(C(F)(F)F)cnn2)c1. The Bertz CT molecular complexity index is 1370. The van der Waals surface area contributed by atoms with E-state index >= 15 is 0 Å². The number of thiophene rings is 1. The van der Waals surface area contributed by atoms with E-state index in [1.165, 1.54) is 12.1 Å². The minimum absolute atomic E-state index is 0.160. The number of aromatic nitrogens is 6. The monoisotopic (exact) mass is 517 g/mol. The highest BCUT2D eigenvalue weighted by Crippen LogP contribution is 2.35. The average Bonchev–Trinajstić information content (AvgIpc) is 3.47. The molecule has 1 N–H and O–H groups in total. The maximum atomic E-state index is 13.2. The molecule has 35 heavy (non-hydrogen) atoms. The van der Waals surface area contributed by atoms with E-state index in [0.717, 1.165) is 28.5 Å². The van der Waals surface area contributed by atoms with Gasteiger partial charge in [0.15, 0.2) is 11.6 Å². The maximum absolute atomic E-state index is 13.2. The minimum Gasteiger partial charge on any atom is -0.478 e. The molecule has 0 saturated carbocycles. The Hall–Kier alpha value is -4.15. The first-order valence-corrected chi connectivity index (χ1v) is 9.97. The van der Waals surface area contributed by atoms with E-state index in [2.05, 4.69) is 35.1 Å². The molecule has 0 bridgehead atoms. The fourth-order valence-electron chi connectivity index (χ4n) is 2.70. The van der Waals surface area contributed by atoms with Crippen molar-refractivity contribution < 1.29 is 40.8 Å². The summed E-state index contributed by atoms with van der Waals surface area (Å²) in [6, 6.07) is 4.61. The number of rotatable bonds is 6. The van der Waals surface area contributed by atoms with Crippen molar-refractivity contribution in [3.05, 3.63) is 58.6 Å². The molecule has 182 valence electrons. The Morgan fingerprint density at radius 1 is 1.00 bits per heavy atom. The van der Waals surface area contributed by atoms with Crippen LogP contribution in [0.5, 0.6) is 0 Å². The largest absolute Gasteiger partial charge is 0.478 e. The van der Waals surface area contributed by atoms with Crippen LogP contribution in [0.2, 0.25) is 0 Å². The van der Waals surface area contributed by atoms with E-state index in [0.29, 0.717) is 17.1 Å². The molecule has 0 aliphatic heterocycles. The second kappa shape index (κ2) is 8.90. The van der Waals surface area contributed by atoms with Crippen LogP contribution >= 0.6 is 11.3 Å².